The highest BCUT2D eigenvalue weighted by Gasteiger charge is 2.45. The molecule has 2 aliphatic rings. The Morgan fingerprint density at radius 1 is 1.14 bits per heavy atom. The van der Waals surface area contributed by atoms with E-state index in [0.29, 0.717) is 5.25 Å². The minimum Gasteiger partial charge on any atom is -0.207 e. The topological polar surface area (TPSA) is 37.4 Å². The maximum absolute atomic E-state index is 12.6. The van der Waals surface area contributed by atoms with Crippen molar-refractivity contribution in [2.45, 2.75) is 43.0 Å². The fraction of sp³-hybridized carbons (Fsp3) is 0.500. The lowest BCUT2D eigenvalue weighted by Gasteiger charge is -2.36. The van der Waals surface area contributed by atoms with Gasteiger partial charge in [-0.2, -0.15) is 16.1 Å². The third-order valence-corrected chi connectivity index (χ3v) is 7.20. The average molecular weight is 323 g/mol. The number of nitrogens with zero attached hydrogens (tertiary/aromatic N) is 1. The molecule has 1 aromatic rings. The Morgan fingerprint density at radius 3 is 2.33 bits per heavy atom. The molecule has 0 radical (unpaired) electrons. The molecule has 3 rings (SSSR count). The van der Waals surface area contributed by atoms with Crippen LogP contribution in [0.3, 0.4) is 0 Å². The van der Waals surface area contributed by atoms with Crippen LogP contribution in [0, 0.1) is 0 Å². The van der Waals surface area contributed by atoms with Crippen LogP contribution in [0.2, 0.25) is 0 Å². The normalized spacial score (nSPS) is 30.0. The SMILES string of the molecule is CSC1CC2CCC(C1)N2S(=O)(=O)/C=C/c1ccccc1. The van der Waals surface area contributed by atoms with E-state index in [0.717, 1.165) is 31.2 Å². The molecule has 0 spiro atoms. The predicted octanol–water partition coefficient (Wildman–Crippen LogP) is 3.35. The molecule has 2 bridgehead atoms. The van der Waals surface area contributed by atoms with Crippen LogP contribution in [-0.4, -0.2) is 36.3 Å². The molecule has 21 heavy (non-hydrogen) atoms. The van der Waals surface area contributed by atoms with Crippen molar-refractivity contribution in [3.63, 3.8) is 0 Å². The Balaban J connectivity index is 1.79. The minimum atomic E-state index is -3.31. The molecule has 0 saturated carbocycles. The Kier molecular flexibility index (Phi) is 4.43. The van der Waals surface area contributed by atoms with Crippen LogP contribution in [0.1, 0.15) is 31.2 Å². The van der Waals surface area contributed by atoms with E-state index >= 15 is 0 Å². The molecule has 1 aromatic carbocycles. The summed E-state index contributed by atoms with van der Waals surface area (Å²) in [7, 11) is -3.31. The Labute approximate surface area is 131 Å². The van der Waals surface area contributed by atoms with E-state index in [1.54, 1.807) is 10.4 Å². The molecular weight excluding hydrogens is 302 g/mol. The van der Waals surface area contributed by atoms with Gasteiger partial charge in [0.25, 0.3) is 0 Å². The lowest BCUT2D eigenvalue weighted by Crippen LogP contribution is -2.46. The molecule has 3 nitrogen and oxygen atoms in total. The summed E-state index contributed by atoms with van der Waals surface area (Å²) in [6.07, 6.45) is 7.85. The van der Waals surface area contributed by atoms with Crippen molar-refractivity contribution >= 4 is 27.9 Å². The molecule has 5 heteroatoms. The number of rotatable bonds is 4. The summed E-state index contributed by atoms with van der Waals surface area (Å²) in [5.74, 6) is 0. The van der Waals surface area contributed by atoms with Gasteiger partial charge in [-0.3, -0.25) is 0 Å². The fourth-order valence-corrected chi connectivity index (χ4v) is 6.00. The maximum atomic E-state index is 12.6. The molecule has 2 heterocycles. The number of sulfonamides is 1. The lowest BCUT2D eigenvalue weighted by molar-refractivity contribution is 0.256. The first kappa shape index (κ1) is 15.1. The van der Waals surface area contributed by atoms with Crippen LogP contribution < -0.4 is 0 Å². The van der Waals surface area contributed by atoms with E-state index < -0.39 is 10.0 Å². The van der Waals surface area contributed by atoms with Crippen LogP contribution >= 0.6 is 11.8 Å². The molecule has 0 aliphatic carbocycles. The molecule has 2 aliphatic heterocycles. The Hall–Kier alpha value is -0.780. The van der Waals surface area contributed by atoms with Crippen molar-refractivity contribution < 1.29 is 8.42 Å². The first-order valence-corrected chi connectivity index (χ1v) is 10.2. The fourth-order valence-electron chi connectivity index (χ4n) is 3.49. The molecule has 2 fully saturated rings. The highest BCUT2D eigenvalue weighted by atomic mass is 32.2. The van der Waals surface area contributed by atoms with Crippen LogP contribution in [0.15, 0.2) is 35.7 Å². The number of benzene rings is 1. The van der Waals surface area contributed by atoms with Gasteiger partial charge < -0.3 is 0 Å². The third-order valence-electron chi connectivity index (χ3n) is 4.48. The first-order chi connectivity index (χ1) is 10.1. The van der Waals surface area contributed by atoms with Gasteiger partial charge in [0.1, 0.15) is 0 Å². The van der Waals surface area contributed by atoms with Crippen molar-refractivity contribution in [1.29, 1.82) is 0 Å². The van der Waals surface area contributed by atoms with Gasteiger partial charge in [0.05, 0.1) is 0 Å². The summed E-state index contributed by atoms with van der Waals surface area (Å²) in [5, 5.41) is 2.00. The lowest BCUT2D eigenvalue weighted by atomic mass is 10.1. The molecule has 2 saturated heterocycles. The standard InChI is InChI=1S/C16H21NO2S2/c1-20-16-11-14-7-8-15(12-16)17(14)21(18,19)10-9-13-5-3-2-4-6-13/h2-6,9-10,14-16H,7-8,11-12H2,1H3/b10-9+. The molecule has 0 N–H and O–H groups in total. The van der Waals surface area contributed by atoms with Crippen molar-refractivity contribution in [3.05, 3.63) is 41.3 Å². The number of hydrogen-bond donors (Lipinski definition) is 0. The average Bonchev–Trinajstić information content (AvgIpc) is 2.78. The highest BCUT2D eigenvalue weighted by Crippen LogP contribution is 2.41. The second-order valence-corrected chi connectivity index (χ2v) is 8.66. The van der Waals surface area contributed by atoms with Gasteiger partial charge in [-0.05, 0) is 43.6 Å². The van der Waals surface area contributed by atoms with Crippen molar-refractivity contribution in [2.75, 3.05) is 6.26 Å². The third kappa shape index (κ3) is 3.20. The van der Waals surface area contributed by atoms with Gasteiger partial charge in [-0.15, -0.1) is 0 Å². The van der Waals surface area contributed by atoms with Gasteiger partial charge in [0.2, 0.25) is 10.0 Å². The van der Waals surface area contributed by atoms with Gasteiger partial charge in [-0.25, -0.2) is 8.42 Å². The summed E-state index contributed by atoms with van der Waals surface area (Å²) in [6, 6.07) is 10.00. The van der Waals surface area contributed by atoms with E-state index in [1.165, 1.54) is 5.41 Å². The van der Waals surface area contributed by atoms with Crippen LogP contribution in [0.25, 0.3) is 6.08 Å². The first-order valence-electron chi connectivity index (χ1n) is 7.39. The summed E-state index contributed by atoms with van der Waals surface area (Å²) in [5.41, 5.74) is 0.924. The summed E-state index contributed by atoms with van der Waals surface area (Å²) < 4.78 is 27.1. The summed E-state index contributed by atoms with van der Waals surface area (Å²) in [6.45, 7) is 0. The zero-order valence-electron chi connectivity index (χ0n) is 12.2. The van der Waals surface area contributed by atoms with Crippen LogP contribution in [0.5, 0.6) is 0 Å². The second kappa shape index (κ2) is 6.15. The van der Waals surface area contributed by atoms with Crippen LogP contribution in [0.4, 0.5) is 0 Å². The van der Waals surface area contributed by atoms with E-state index in [-0.39, 0.29) is 12.1 Å². The monoisotopic (exact) mass is 323 g/mol. The highest BCUT2D eigenvalue weighted by molar-refractivity contribution is 7.99. The predicted molar refractivity (Wildman–Crippen MR) is 89.6 cm³/mol. The maximum Gasteiger partial charge on any atom is 0.236 e. The smallest absolute Gasteiger partial charge is 0.207 e. The van der Waals surface area contributed by atoms with Crippen molar-refractivity contribution in [3.8, 4) is 0 Å². The number of piperidine rings is 1. The van der Waals surface area contributed by atoms with Gasteiger partial charge in [0.15, 0.2) is 0 Å². The Bertz CT molecular complexity index is 598. The van der Waals surface area contributed by atoms with E-state index in [4.69, 9.17) is 0 Å². The zero-order chi connectivity index (χ0) is 14.9. The summed E-state index contributed by atoms with van der Waals surface area (Å²) >= 11 is 1.88. The number of hydrogen-bond acceptors (Lipinski definition) is 3. The largest absolute Gasteiger partial charge is 0.236 e. The zero-order valence-corrected chi connectivity index (χ0v) is 13.8. The second-order valence-electron chi connectivity index (χ2n) is 5.80. The van der Waals surface area contributed by atoms with Gasteiger partial charge in [0, 0.05) is 22.7 Å². The number of thioether (sulfide) groups is 1. The van der Waals surface area contributed by atoms with Crippen LogP contribution in [-0.2, 0) is 10.0 Å². The molecule has 2 unspecified atom stereocenters. The quantitative estimate of drug-likeness (QED) is 0.853. The van der Waals surface area contributed by atoms with E-state index in [2.05, 4.69) is 6.26 Å². The molecule has 0 amide bonds. The van der Waals surface area contributed by atoms with Crippen molar-refractivity contribution in [2.24, 2.45) is 0 Å². The van der Waals surface area contributed by atoms with Crippen molar-refractivity contribution in [1.82, 2.24) is 4.31 Å². The Morgan fingerprint density at radius 2 is 1.76 bits per heavy atom. The van der Waals surface area contributed by atoms with E-state index in [1.807, 2.05) is 42.1 Å². The minimum absolute atomic E-state index is 0.201. The number of fused-ring (bicyclic) bond motifs is 2. The van der Waals surface area contributed by atoms with Gasteiger partial charge in [-0.1, -0.05) is 30.3 Å². The molecule has 2 atom stereocenters. The van der Waals surface area contributed by atoms with Gasteiger partial charge >= 0.3 is 0 Å². The summed E-state index contributed by atoms with van der Waals surface area (Å²) in [4.78, 5) is 0. The molecular formula is C16H21NO2S2. The molecule has 114 valence electrons. The van der Waals surface area contributed by atoms with E-state index in [9.17, 15) is 8.42 Å². The molecule has 0 aromatic heterocycles.